The summed E-state index contributed by atoms with van der Waals surface area (Å²) >= 11 is 0. The van der Waals surface area contributed by atoms with E-state index in [1.807, 2.05) is 10.8 Å². The zero-order valence-electron chi connectivity index (χ0n) is 12.3. The molecule has 0 bridgehead atoms. The zero-order valence-corrected chi connectivity index (χ0v) is 13.1. The Morgan fingerprint density at radius 1 is 1.09 bits per heavy atom. The van der Waals surface area contributed by atoms with Crippen molar-refractivity contribution in [1.82, 2.24) is 8.87 Å². The molecule has 2 aromatic rings. The Morgan fingerprint density at radius 2 is 1.78 bits per heavy atom. The van der Waals surface area contributed by atoms with Gasteiger partial charge in [-0.2, -0.15) is 17.5 Å². The summed E-state index contributed by atoms with van der Waals surface area (Å²) in [5.41, 5.74) is -0.363. The highest BCUT2D eigenvalue weighted by Gasteiger charge is 2.41. The van der Waals surface area contributed by atoms with Gasteiger partial charge in [0.15, 0.2) is 0 Å². The van der Waals surface area contributed by atoms with Gasteiger partial charge in [-0.1, -0.05) is 12.1 Å². The van der Waals surface area contributed by atoms with Crippen molar-refractivity contribution in [2.45, 2.75) is 30.6 Å². The molecule has 1 aromatic carbocycles. The molecule has 0 saturated heterocycles. The van der Waals surface area contributed by atoms with Gasteiger partial charge in [-0.15, -0.1) is 0 Å². The highest BCUT2D eigenvalue weighted by molar-refractivity contribution is 7.89. The lowest BCUT2D eigenvalue weighted by Crippen LogP contribution is -2.41. The molecule has 0 fully saturated rings. The molecule has 1 aliphatic heterocycles. The molecule has 3 rings (SSSR count). The summed E-state index contributed by atoms with van der Waals surface area (Å²) in [6.07, 6.45) is -2.89. The first-order chi connectivity index (χ1) is 10.7. The van der Waals surface area contributed by atoms with Gasteiger partial charge in [-0.3, -0.25) is 0 Å². The third kappa shape index (κ3) is 2.66. The lowest BCUT2D eigenvalue weighted by Gasteiger charge is -2.34. The highest BCUT2D eigenvalue weighted by Crippen LogP contribution is 2.38. The van der Waals surface area contributed by atoms with E-state index in [0.717, 1.165) is 22.1 Å². The first kappa shape index (κ1) is 16.1. The van der Waals surface area contributed by atoms with Crippen LogP contribution in [-0.2, 0) is 22.7 Å². The fraction of sp³-hybridized carbons (Fsp3) is 0.333. The number of fused-ring (bicyclic) bond motifs is 1. The van der Waals surface area contributed by atoms with E-state index in [0.29, 0.717) is 6.54 Å². The van der Waals surface area contributed by atoms with Gasteiger partial charge < -0.3 is 4.57 Å². The maximum atomic E-state index is 13.1. The minimum atomic E-state index is -4.72. The fourth-order valence-electron chi connectivity index (χ4n) is 2.94. The van der Waals surface area contributed by atoms with Crippen LogP contribution in [0, 0.1) is 0 Å². The number of rotatable bonds is 2. The Hall–Kier alpha value is -1.80. The Morgan fingerprint density at radius 3 is 2.48 bits per heavy atom. The summed E-state index contributed by atoms with van der Waals surface area (Å²) in [5, 5.41) is 0. The van der Waals surface area contributed by atoms with E-state index in [1.165, 1.54) is 12.1 Å². The van der Waals surface area contributed by atoms with Crippen LogP contribution in [0.2, 0.25) is 0 Å². The van der Waals surface area contributed by atoms with Gasteiger partial charge in [0.25, 0.3) is 0 Å². The van der Waals surface area contributed by atoms with Crippen molar-refractivity contribution in [1.29, 1.82) is 0 Å². The van der Waals surface area contributed by atoms with Crippen LogP contribution in [0.1, 0.15) is 24.2 Å². The summed E-state index contributed by atoms with van der Waals surface area (Å²) < 4.78 is 68.1. The third-order valence-electron chi connectivity index (χ3n) is 4.07. The molecule has 4 nitrogen and oxygen atoms in total. The van der Waals surface area contributed by atoms with E-state index >= 15 is 0 Å². The van der Waals surface area contributed by atoms with Gasteiger partial charge in [0.1, 0.15) is 0 Å². The van der Waals surface area contributed by atoms with Crippen LogP contribution in [-0.4, -0.2) is 23.8 Å². The predicted molar refractivity (Wildman–Crippen MR) is 78.2 cm³/mol. The Balaban J connectivity index is 2.08. The number of halogens is 3. The summed E-state index contributed by atoms with van der Waals surface area (Å²) in [7, 11) is -4.25. The Bertz CT molecular complexity index is 827. The highest BCUT2D eigenvalue weighted by atomic mass is 32.2. The topological polar surface area (TPSA) is 42.3 Å². The number of nitrogens with zero attached hydrogens (tertiary/aromatic N) is 2. The maximum absolute atomic E-state index is 13.1. The quantitative estimate of drug-likeness (QED) is 0.839. The van der Waals surface area contributed by atoms with Crippen LogP contribution in [0.3, 0.4) is 0 Å². The average Bonchev–Trinajstić information content (AvgIpc) is 2.96. The first-order valence-electron chi connectivity index (χ1n) is 7.06. The number of hydrogen-bond acceptors (Lipinski definition) is 2. The Labute approximate surface area is 132 Å². The van der Waals surface area contributed by atoms with Crippen LogP contribution in [0.25, 0.3) is 0 Å². The molecular weight excluding hydrogens is 329 g/mol. The molecule has 1 aromatic heterocycles. The predicted octanol–water partition coefficient (Wildman–Crippen LogP) is 3.27. The van der Waals surface area contributed by atoms with E-state index in [9.17, 15) is 21.6 Å². The second kappa shape index (κ2) is 5.38. The maximum Gasteiger partial charge on any atom is 0.417 e. The first-order valence-corrected chi connectivity index (χ1v) is 8.50. The monoisotopic (exact) mass is 344 g/mol. The summed E-state index contributed by atoms with van der Waals surface area (Å²) in [5.74, 6) is 0. The van der Waals surface area contributed by atoms with E-state index < -0.39 is 32.7 Å². The van der Waals surface area contributed by atoms with Gasteiger partial charge in [-0.25, -0.2) is 8.42 Å². The largest absolute Gasteiger partial charge is 0.417 e. The SMILES string of the molecule is CC1c2cccn2CCN1S(=O)(=O)c1ccccc1C(F)(F)F. The second-order valence-corrected chi connectivity index (χ2v) is 7.27. The summed E-state index contributed by atoms with van der Waals surface area (Å²) in [4.78, 5) is -0.695. The number of hydrogen-bond donors (Lipinski definition) is 0. The van der Waals surface area contributed by atoms with Crippen molar-refractivity contribution in [3.63, 3.8) is 0 Å². The average molecular weight is 344 g/mol. The van der Waals surface area contributed by atoms with Gasteiger partial charge in [-0.05, 0) is 31.2 Å². The van der Waals surface area contributed by atoms with Crippen molar-refractivity contribution in [3.05, 3.63) is 53.9 Å². The Kier molecular flexibility index (Phi) is 3.76. The molecule has 0 spiro atoms. The number of aromatic nitrogens is 1. The van der Waals surface area contributed by atoms with Crippen LogP contribution < -0.4 is 0 Å². The van der Waals surface area contributed by atoms with Crippen molar-refractivity contribution in [2.24, 2.45) is 0 Å². The van der Waals surface area contributed by atoms with Gasteiger partial charge in [0, 0.05) is 25.0 Å². The van der Waals surface area contributed by atoms with E-state index in [-0.39, 0.29) is 6.54 Å². The van der Waals surface area contributed by atoms with Crippen molar-refractivity contribution in [3.8, 4) is 0 Å². The van der Waals surface area contributed by atoms with Crippen LogP contribution in [0.15, 0.2) is 47.5 Å². The molecule has 2 heterocycles. The van der Waals surface area contributed by atoms with Gasteiger partial charge in [0.05, 0.1) is 16.5 Å². The number of sulfonamides is 1. The van der Waals surface area contributed by atoms with E-state index in [1.54, 1.807) is 19.1 Å². The van der Waals surface area contributed by atoms with Crippen LogP contribution >= 0.6 is 0 Å². The van der Waals surface area contributed by atoms with Gasteiger partial charge >= 0.3 is 6.18 Å². The zero-order chi connectivity index (χ0) is 16.8. The molecule has 0 saturated carbocycles. The van der Waals surface area contributed by atoms with Gasteiger partial charge in [0.2, 0.25) is 10.0 Å². The van der Waals surface area contributed by atoms with Crippen molar-refractivity contribution >= 4 is 10.0 Å². The second-order valence-electron chi connectivity index (χ2n) is 5.41. The molecule has 0 aliphatic carbocycles. The number of benzene rings is 1. The molecule has 0 N–H and O–H groups in total. The van der Waals surface area contributed by atoms with Crippen LogP contribution in [0.5, 0.6) is 0 Å². The molecule has 1 atom stereocenters. The summed E-state index contributed by atoms with van der Waals surface area (Å²) in [6, 6.07) is 7.35. The minimum Gasteiger partial charge on any atom is -0.349 e. The van der Waals surface area contributed by atoms with Crippen molar-refractivity contribution < 1.29 is 21.6 Å². The van der Waals surface area contributed by atoms with E-state index in [2.05, 4.69) is 0 Å². The molecule has 124 valence electrons. The standard InChI is InChI=1S/C15H15F3N2O2S/c1-11-13-6-4-8-19(13)9-10-20(11)23(21,22)14-7-3-2-5-12(14)15(16,17)18/h2-8,11H,9-10H2,1H3. The van der Waals surface area contributed by atoms with Crippen LogP contribution in [0.4, 0.5) is 13.2 Å². The third-order valence-corrected chi connectivity index (χ3v) is 6.09. The smallest absolute Gasteiger partial charge is 0.349 e. The number of alkyl halides is 3. The molecule has 23 heavy (non-hydrogen) atoms. The normalized spacial score (nSPS) is 19.6. The van der Waals surface area contributed by atoms with E-state index in [4.69, 9.17) is 0 Å². The molecule has 1 unspecified atom stereocenters. The molecule has 1 aliphatic rings. The molecule has 8 heteroatoms. The lowest BCUT2D eigenvalue weighted by atomic mass is 10.2. The molecule has 0 radical (unpaired) electrons. The minimum absolute atomic E-state index is 0.136. The summed E-state index contributed by atoms with van der Waals surface area (Å²) in [6.45, 7) is 2.23. The fourth-order valence-corrected chi connectivity index (χ4v) is 4.75. The molecule has 0 amide bonds. The molecular formula is C15H15F3N2O2S. The lowest BCUT2D eigenvalue weighted by molar-refractivity contribution is -0.139. The van der Waals surface area contributed by atoms with Crippen molar-refractivity contribution in [2.75, 3.05) is 6.54 Å².